The standard InChI is InChI=1S/C14H22N2O2S/c1-16(2)8-10-18-9-7-15-14(17)11-12-3-5-13(19)6-4-12/h3-6,19H,7-11H2,1-2H3,(H,15,17). The molecule has 0 saturated heterocycles. The molecule has 1 rings (SSSR count). The summed E-state index contributed by atoms with van der Waals surface area (Å²) in [5, 5.41) is 2.84. The highest BCUT2D eigenvalue weighted by Crippen LogP contribution is 2.07. The molecule has 0 bridgehead atoms. The molecule has 0 aliphatic heterocycles. The zero-order valence-corrected chi connectivity index (χ0v) is 12.5. The Balaban J connectivity index is 2.09. The van der Waals surface area contributed by atoms with Crippen molar-refractivity contribution in [3.63, 3.8) is 0 Å². The van der Waals surface area contributed by atoms with Crippen molar-refractivity contribution in [1.82, 2.24) is 10.2 Å². The van der Waals surface area contributed by atoms with Gasteiger partial charge in [-0.1, -0.05) is 12.1 Å². The van der Waals surface area contributed by atoms with E-state index in [1.54, 1.807) is 0 Å². The molecular formula is C14H22N2O2S. The molecule has 0 aromatic heterocycles. The molecule has 1 aromatic rings. The number of amides is 1. The lowest BCUT2D eigenvalue weighted by molar-refractivity contribution is -0.120. The van der Waals surface area contributed by atoms with Crippen LogP contribution in [0.25, 0.3) is 0 Å². The average molecular weight is 282 g/mol. The first-order valence-electron chi connectivity index (χ1n) is 6.35. The van der Waals surface area contributed by atoms with E-state index in [-0.39, 0.29) is 5.91 Å². The molecule has 0 aliphatic carbocycles. The number of hydrogen-bond acceptors (Lipinski definition) is 4. The molecule has 0 fully saturated rings. The maximum Gasteiger partial charge on any atom is 0.224 e. The Labute approximate surface area is 120 Å². The summed E-state index contributed by atoms with van der Waals surface area (Å²) < 4.78 is 5.39. The number of nitrogens with one attached hydrogen (secondary N) is 1. The van der Waals surface area contributed by atoms with Crippen molar-refractivity contribution < 1.29 is 9.53 Å². The van der Waals surface area contributed by atoms with Crippen LogP contribution in [0, 0.1) is 0 Å². The van der Waals surface area contributed by atoms with Gasteiger partial charge in [-0.25, -0.2) is 0 Å². The number of nitrogens with zero attached hydrogens (tertiary/aromatic N) is 1. The molecule has 0 atom stereocenters. The molecule has 0 radical (unpaired) electrons. The predicted octanol–water partition coefficient (Wildman–Crippen LogP) is 1.21. The number of carbonyl (C=O) groups excluding carboxylic acids is 1. The lowest BCUT2D eigenvalue weighted by Crippen LogP contribution is -2.29. The molecule has 106 valence electrons. The summed E-state index contributed by atoms with van der Waals surface area (Å²) in [6, 6.07) is 7.59. The van der Waals surface area contributed by atoms with Crippen molar-refractivity contribution in [2.45, 2.75) is 11.3 Å². The van der Waals surface area contributed by atoms with Gasteiger partial charge in [-0.2, -0.15) is 0 Å². The van der Waals surface area contributed by atoms with E-state index in [2.05, 4.69) is 22.8 Å². The van der Waals surface area contributed by atoms with Crippen LogP contribution in [-0.4, -0.2) is 51.2 Å². The first-order valence-corrected chi connectivity index (χ1v) is 6.79. The minimum Gasteiger partial charge on any atom is -0.378 e. The maximum absolute atomic E-state index is 11.6. The Bertz CT molecular complexity index is 380. The molecule has 5 heteroatoms. The van der Waals surface area contributed by atoms with E-state index < -0.39 is 0 Å². The zero-order valence-electron chi connectivity index (χ0n) is 11.6. The fourth-order valence-corrected chi connectivity index (χ4v) is 1.62. The summed E-state index contributed by atoms with van der Waals surface area (Å²) in [5.74, 6) is 0.0168. The third-order valence-electron chi connectivity index (χ3n) is 2.55. The third kappa shape index (κ3) is 7.87. The summed E-state index contributed by atoms with van der Waals surface area (Å²) in [5.41, 5.74) is 0.990. The van der Waals surface area contributed by atoms with Crippen molar-refractivity contribution in [2.75, 3.05) is 40.4 Å². The third-order valence-corrected chi connectivity index (χ3v) is 2.85. The number of ether oxygens (including phenoxy) is 1. The van der Waals surface area contributed by atoms with Crippen LogP contribution in [0.2, 0.25) is 0 Å². The fraction of sp³-hybridized carbons (Fsp3) is 0.500. The normalized spacial score (nSPS) is 10.7. The van der Waals surface area contributed by atoms with Crippen LogP contribution in [0.1, 0.15) is 5.56 Å². The lowest BCUT2D eigenvalue weighted by atomic mass is 10.1. The Morgan fingerprint density at radius 3 is 2.58 bits per heavy atom. The second kappa shape index (κ2) is 8.96. The van der Waals surface area contributed by atoms with Gasteiger partial charge in [0.25, 0.3) is 0 Å². The molecule has 0 saturated carbocycles. The summed E-state index contributed by atoms with van der Waals surface area (Å²) in [4.78, 5) is 14.6. The van der Waals surface area contributed by atoms with Crippen LogP contribution in [0.4, 0.5) is 0 Å². The molecule has 19 heavy (non-hydrogen) atoms. The second-order valence-electron chi connectivity index (χ2n) is 4.61. The van der Waals surface area contributed by atoms with E-state index in [9.17, 15) is 4.79 Å². The van der Waals surface area contributed by atoms with Crippen LogP contribution in [0.5, 0.6) is 0 Å². The van der Waals surface area contributed by atoms with Crippen LogP contribution in [-0.2, 0) is 16.0 Å². The molecule has 0 heterocycles. The average Bonchev–Trinajstić information content (AvgIpc) is 2.36. The number of rotatable bonds is 8. The Morgan fingerprint density at radius 2 is 1.95 bits per heavy atom. The molecule has 1 aromatic carbocycles. The number of thiol groups is 1. The van der Waals surface area contributed by atoms with Gasteiger partial charge < -0.3 is 15.0 Å². The van der Waals surface area contributed by atoms with E-state index in [1.807, 2.05) is 38.4 Å². The van der Waals surface area contributed by atoms with Crippen LogP contribution in [0.15, 0.2) is 29.2 Å². The Kier molecular flexibility index (Phi) is 7.55. The van der Waals surface area contributed by atoms with Gasteiger partial charge in [-0.05, 0) is 31.8 Å². The first kappa shape index (κ1) is 16.0. The van der Waals surface area contributed by atoms with Crippen molar-refractivity contribution in [3.8, 4) is 0 Å². The van der Waals surface area contributed by atoms with Gasteiger partial charge in [-0.15, -0.1) is 12.6 Å². The van der Waals surface area contributed by atoms with Crippen molar-refractivity contribution in [1.29, 1.82) is 0 Å². The fourth-order valence-electron chi connectivity index (χ4n) is 1.47. The zero-order chi connectivity index (χ0) is 14.1. The SMILES string of the molecule is CN(C)CCOCCNC(=O)Cc1ccc(S)cc1. The van der Waals surface area contributed by atoms with Gasteiger partial charge >= 0.3 is 0 Å². The Morgan fingerprint density at radius 1 is 1.26 bits per heavy atom. The highest BCUT2D eigenvalue weighted by atomic mass is 32.1. The van der Waals surface area contributed by atoms with Crippen LogP contribution >= 0.6 is 12.6 Å². The van der Waals surface area contributed by atoms with Crippen LogP contribution < -0.4 is 5.32 Å². The van der Waals surface area contributed by atoms with Gasteiger partial charge in [0, 0.05) is 18.0 Å². The minimum absolute atomic E-state index is 0.0168. The van der Waals surface area contributed by atoms with Crippen LogP contribution in [0.3, 0.4) is 0 Å². The van der Waals surface area contributed by atoms with Gasteiger partial charge in [0.2, 0.25) is 5.91 Å². The van der Waals surface area contributed by atoms with E-state index in [0.717, 1.165) is 17.0 Å². The van der Waals surface area contributed by atoms with Crippen molar-refractivity contribution in [3.05, 3.63) is 29.8 Å². The monoisotopic (exact) mass is 282 g/mol. The molecule has 0 spiro atoms. The maximum atomic E-state index is 11.6. The summed E-state index contributed by atoms with van der Waals surface area (Å²) >= 11 is 4.20. The molecule has 0 aliphatic rings. The van der Waals surface area contributed by atoms with Gasteiger partial charge in [-0.3, -0.25) is 4.79 Å². The summed E-state index contributed by atoms with van der Waals surface area (Å²) in [7, 11) is 4.00. The smallest absolute Gasteiger partial charge is 0.224 e. The molecule has 1 amide bonds. The number of likely N-dealkylation sites (N-methyl/N-ethyl adjacent to an activating group) is 1. The second-order valence-corrected chi connectivity index (χ2v) is 5.13. The van der Waals surface area contributed by atoms with Crippen molar-refractivity contribution >= 4 is 18.5 Å². The first-order chi connectivity index (χ1) is 9.08. The van der Waals surface area contributed by atoms with E-state index in [0.29, 0.717) is 26.2 Å². The quantitative estimate of drug-likeness (QED) is 0.556. The number of hydrogen-bond donors (Lipinski definition) is 2. The summed E-state index contributed by atoms with van der Waals surface area (Å²) in [6.45, 7) is 2.68. The van der Waals surface area contributed by atoms with Crippen molar-refractivity contribution in [2.24, 2.45) is 0 Å². The number of carbonyl (C=O) groups is 1. The molecular weight excluding hydrogens is 260 g/mol. The number of benzene rings is 1. The Hall–Kier alpha value is -1.04. The van der Waals surface area contributed by atoms with E-state index in [1.165, 1.54) is 0 Å². The molecule has 4 nitrogen and oxygen atoms in total. The highest BCUT2D eigenvalue weighted by molar-refractivity contribution is 7.80. The van der Waals surface area contributed by atoms with Gasteiger partial charge in [0.1, 0.15) is 0 Å². The topological polar surface area (TPSA) is 41.6 Å². The summed E-state index contributed by atoms with van der Waals surface area (Å²) in [6.07, 6.45) is 0.395. The predicted molar refractivity (Wildman–Crippen MR) is 79.8 cm³/mol. The van der Waals surface area contributed by atoms with Gasteiger partial charge in [0.05, 0.1) is 19.6 Å². The molecule has 0 unspecified atom stereocenters. The highest BCUT2D eigenvalue weighted by Gasteiger charge is 2.02. The molecule has 1 N–H and O–H groups in total. The van der Waals surface area contributed by atoms with Gasteiger partial charge in [0.15, 0.2) is 0 Å². The lowest BCUT2D eigenvalue weighted by Gasteiger charge is -2.10. The largest absolute Gasteiger partial charge is 0.378 e. The van der Waals surface area contributed by atoms with E-state index >= 15 is 0 Å². The minimum atomic E-state index is 0.0168. The van der Waals surface area contributed by atoms with E-state index in [4.69, 9.17) is 4.74 Å².